The number of hydrogen-bond acceptors (Lipinski definition) is 2. The lowest BCUT2D eigenvalue weighted by Crippen LogP contribution is -2.22. The van der Waals surface area contributed by atoms with Crippen LogP contribution in [-0.2, 0) is 10.0 Å². The molecule has 0 radical (unpaired) electrons. The van der Waals surface area contributed by atoms with Crippen LogP contribution in [0, 0.1) is 12.7 Å². The molecule has 15 heavy (non-hydrogen) atoms. The molecule has 0 aliphatic rings. The van der Waals surface area contributed by atoms with E-state index in [0.29, 0.717) is 5.56 Å². The number of sulfonamides is 1. The quantitative estimate of drug-likeness (QED) is 0.867. The molecule has 0 aliphatic carbocycles. The van der Waals surface area contributed by atoms with Gasteiger partial charge in [-0.3, -0.25) is 4.72 Å². The minimum atomic E-state index is -3.40. The van der Waals surface area contributed by atoms with Crippen LogP contribution in [0.4, 0.5) is 10.1 Å². The van der Waals surface area contributed by atoms with Gasteiger partial charge < -0.3 is 0 Å². The Balaban J connectivity index is 2.96. The van der Waals surface area contributed by atoms with Crippen molar-refractivity contribution in [3.63, 3.8) is 0 Å². The number of nitrogens with one attached hydrogen (secondary N) is 1. The molecule has 1 aromatic carbocycles. The summed E-state index contributed by atoms with van der Waals surface area (Å²) < 4.78 is 38.4. The molecule has 5 heteroatoms. The van der Waals surface area contributed by atoms with Crippen molar-refractivity contribution in [1.29, 1.82) is 0 Å². The van der Waals surface area contributed by atoms with Gasteiger partial charge >= 0.3 is 0 Å². The van der Waals surface area contributed by atoms with Gasteiger partial charge in [0.05, 0.1) is 10.9 Å². The molecule has 0 bridgehead atoms. The van der Waals surface area contributed by atoms with Crippen molar-refractivity contribution in [1.82, 2.24) is 0 Å². The van der Waals surface area contributed by atoms with E-state index in [2.05, 4.69) is 4.72 Å². The van der Waals surface area contributed by atoms with E-state index in [0.717, 1.165) is 0 Å². The summed E-state index contributed by atoms with van der Waals surface area (Å²) in [5, 5.41) is -0.540. The first-order valence-electron chi connectivity index (χ1n) is 4.60. The van der Waals surface area contributed by atoms with Gasteiger partial charge in [0.2, 0.25) is 10.0 Å². The van der Waals surface area contributed by atoms with Crippen molar-refractivity contribution in [2.75, 3.05) is 4.72 Å². The van der Waals surface area contributed by atoms with Gasteiger partial charge in [-0.1, -0.05) is 6.07 Å². The van der Waals surface area contributed by atoms with Crippen molar-refractivity contribution < 1.29 is 12.8 Å². The predicted octanol–water partition coefficient (Wildman–Crippen LogP) is 2.28. The van der Waals surface area contributed by atoms with Gasteiger partial charge in [-0.15, -0.1) is 0 Å². The van der Waals surface area contributed by atoms with Crippen molar-refractivity contribution in [2.24, 2.45) is 0 Å². The molecular weight excluding hydrogens is 217 g/mol. The van der Waals surface area contributed by atoms with Crippen LogP contribution >= 0.6 is 0 Å². The number of hydrogen-bond donors (Lipinski definition) is 1. The fourth-order valence-corrected chi connectivity index (χ4v) is 1.63. The number of benzene rings is 1. The third-order valence-electron chi connectivity index (χ3n) is 2.05. The zero-order valence-electron chi connectivity index (χ0n) is 8.91. The van der Waals surface area contributed by atoms with Crippen molar-refractivity contribution >= 4 is 15.7 Å². The molecule has 0 unspecified atom stereocenters. The van der Waals surface area contributed by atoms with Crippen molar-refractivity contribution in [3.05, 3.63) is 29.6 Å². The molecule has 0 amide bonds. The van der Waals surface area contributed by atoms with Crippen LogP contribution in [0.25, 0.3) is 0 Å². The zero-order valence-corrected chi connectivity index (χ0v) is 9.73. The van der Waals surface area contributed by atoms with Crippen molar-refractivity contribution in [3.8, 4) is 0 Å². The molecule has 3 nitrogen and oxygen atoms in total. The fourth-order valence-electron chi connectivity index (χ4n) is 0.938. The third kappa shape index (κ3) is 2.92. The Labute approximate surface area is 89.4 Å². The maximum Gasteiger partial charge on any atom is 0.235 e. The number of halogens is 1. The lowest BCUT2D eigenvalue weighted by Gasteiger charge is -2.11. The molecule has 0 atom stereocenters. The third-order valence-corrected chi connectivity index (χ3v) is 3.81. The Morgan fingerprint density at radius 3 is 2.40 bits per heavy atom. The summed E-state index contributed by atoms with van der Waals surface area (Å²) in [6.07, 6.45) is 0. The van der Waals surface area contributed by atoms with E-state index in [-0.39, 0.29) is 5.69 Å². The molecule has 1 rings (SSSR count). The summed E-state index contributed by atoms with van der Waals surface area (Å²) in [6, 6.07) is 4.25. The molecule has 0 saturated heterocycles. The SMILES string of the molecule is Cc1ccc(NS(=O)(=O)C(C)C)cc1F. The molecule has 0 aliphatic heterocycles. The standard InChI is InChI=1S/C10H14FNO2S/c1-7(2)15(13,14)12-9-5-4-8(3)10(11)6-9/h4-7,12H,1-3H3. The second-order valence-electron chi connectivity index (χ2n) is 3.66. The van der Waals surface area contributed by atoms with E-state index in [9.17, 15) is 12.8 Å². The number of aryl methyl sites for hydroxylation is 1. The Hall–Kier alpha value is -1.10. The van der Waals surface area contributed by atoms with Gasteiger partial charge in [0, 0.05) is 0 Å². The maximum absolute atomic E-state index is 13.1. The van der Waals surface area contributed by atoms with E-state index in [1.165, 1.54) is 12.1 Å². The Bertz CT molecular complexity index is 454. The second-order valence-corrected chi connectivity index (χ2v) is 5.90. The molecule has 0 fully saturated rings. The first kappa shape index (κ1) is 12.0. The van der Waals surface area contributed by atoms with E-state index in [1.807, 2.05) is 0 Å². The highest BCUT2D eigenvalue weighted by atomic mass is 32.2. The molecule has 1 N–H and O–H groups in total. The van der Waals surface area contributed by atoms with Gasteiger partial charge in [0.1, 0.15) is 5.82 Å². The molecule has 0 saturated carbocycles. The van der Waals surface area contributed by atoms with Crippen LogP contribution in [0.5, 0.6) is 0 Å². The molecule has 0 spiro atoms. The summed E-state index contributed by atoms with van der Waals surface area (Å²) in [7, 11) is -3.40. The topological polar surface area (TPSA) is 46.2 Å². The summed E-state index contributed by atoms with van der Waals surface area (Å²) in [5.74, 6) is -0.418. The van der Waals surface area contributed by atoms with Crippen LogP contribution in [0.2, 0.25) is 0 Å². The first-order valence-corrected chi connectivity index (χ1v) is 6.15. The van der Waals surface area contributed by atoms with E-state index in [1.54, 1.807) is 26.8 Å². The van der Waals surface area contributed by atoms with Crippen LogP contribution < -0.4 is 4.72 Å². The monoisotopic (exact) mass is 231 g/mol. The Kier molecular flexibility index (Phi) is 3.34. The maximum atomic E-state index is 13.1. The molecule has 0 heterocycles. The molecular formula is C10H14FNO2S. The van der Waals surface area contributed by atoms with Gasteiger partial charge in [0.25, 0.3) is 0 Å². The zero-order chi connectivity index (χ0) is 11.6. The summed E-state index contributed by atoms with van der Waals surface area (Å²) in [6.45, 7) is 4.75. The van der Waals surface area contributed by atoms with Gasteiger partial charge in [-0.2, -0.15) is 0 Å². The fraction of sp³-hybridized carbons (Fsp3) is 0.400. The number of rotatable bonds is 3. The van der Waals surface area contributed by atoms with Crippen LogP contribution in [0.1, 0.15) is 19.4 Å². The van der Waals surface area contributed by atoms with Crippen LogP contribution in [-0.4, -0.2) is 13.7 Å². The Morgan fingerprint density at radius 2 is 1.93 bits per heavy atom. The molecule has 84 valence electrons. The lowest BCUT2D eigenvalue weighted by molar-refractivity contribution is 0.592. The highest BCUT2D eigenvalue weighted by Gasteiger charge is 2.15. The van der Waals surface area contributed by atoms with Crippen molar-refractivity contribution in [2.45, 2.75) is 26.0 Å². The average molecular weight is 231 g/mol. The first-order chi connectivity index (χ1) is 6.83. The summed E-state index contributed by atoms with van der Waals surface area (Å²) >= 11 is 0. The highest BCUT2D eigenvalue weighted by Crippen LogP contribution is 2.16. The minimum Gasteiger partial charge on any atom is -0.283 e. The van der Waals surface area contributed by atoms with Gasteiger partial charge in [-0.25, -0.2) is 12.8 Å². The van der Waals surface area contributed by atoms with Gasteiger partial charge in [0.15, 0.2) is 0 Å². The van der Waals surface area contributed by atoms with E-state index in [4.69, 9.17) is 0 Å². The van der Waals surface area contributed by atoms with E-state index < -0.39 is 21.1 Å². The lowest BCUT2D eigenvalue weighted by atomic mass is 10.2. The minimum absolute atomic E-state index is 0.256. The Morgan fingerprint density at radius 1 is 1.33 bits per heavy atom. The van der Waals surface area contributed by atoms with Crippen LogP contribution in [0.3, 0.4) is 0 Å². The smallest absolute Gasteiger partial charge is 0.235 e. The molecule has 0 aromatic heterocycles. The predicted molar refractivity (Wildman–Crippen MR) is 58.8 cm³/mol. The summed E-state index contributed by atoms with van der Waals surface area (Å²) in [4.78, 5) is 0. The normalized spacial score (nSPS) is 11.8. The molecule has 1 aromatic rings. The van der Waals surface area contributed by atoms with Gasteiger partial charge in [-0.05, 0) is 38.5 Å². The number of anilines is 1. The highest BCUT2D eigenvalue weighted by molar-refractivity contribution is 7.93. The van der Waals surface area contributed by atoms with E-state index >= 15 is 0 Å². The second kappa shape index (κ2) is 4.18. The van der Waals surface area contributed by atoms with Crippen LogP contribution in [0.15, 0.2) is 18.2 Å². The summed E-state index contributed by atoms with van der Waals surface area (Å²) in [5.41, 5.74) is 0.745. The average Bonchev–Trinajstić information content (AvgIpc) is 2.10. The largest absolute Gasteiger partial charge is 0.283 e.